The van der Waals surface area contributed by atoms with E-state index in [9.17, 15) is 9.59 Å². The molecule has 0 radical (unpaired) electrons. The number of carbonyl (C=O) groups excluding carboxylic acids is 2. The van der Waals surface area contributed by atoms with Crippen LogP contribution in [0.1, 0.15) is 24.2 Å². The van der Waals surface area contributed by atoms with Gasteiger partial charge in [-0.1, -0.05) is 36.0 Å². The van der Waals surface area contributed by atoms with Gasteiger partial charge in [0, 0.05) is 11.3 Å². The largest absolute Gasteiger partial charge is 0.325 e. The SMILES string of the molecule is CC(=O)c1cccc(NC(=O)[C@H](C)Sc2n[nH]c3nc4ccccc4n23)c1. The maximum absolute atomic E-state index is 12.6. The first-order chi connectivity index (χ1) is 13.0. The highest BCUT2D eigenvalue weighted by atomic mass is 32.2. The molecular formula is C19H17N5O2S. The highest BCUT2D eigenvalue weighted by molar-refractivity contribution is 8.00. The van der Waals surface area contributed by atoms with Gasteiger partial charge in [-0.2, -0.15) is 0 Å². The fraction of sp³-hybridized carbons (Fsp3) is 0.158. The molecule has 2 heterocycles. The second kappa shape index (κ2) is 6.88. The van der Waals surface area contributed by atoms with Gasteiger partial charge in [0.2, 0.25) is 11.7 Å². The number of aromatic nitrogens is 4. The average molecular weight is 379 g/mol. The Labute approximate surface area is 159 Å². The Morgan fingerprint density at radius 3 is 2.81 bits per heavy atom. The standard InChI is InChI=1S/C19H17N5O2S/c1-11(25)13-6-5-7-14(10-13)20-17(26)12(2)27-19-23-22-18-21-15-8-3-4-9-16(15)24(18)19/h3-10,12H,1-2H3,(H,20,26)(H,21,22)/t12-/m0/s1. The number of hydrogen-bond acceptors (Lipinski definition) is 5. The predicted octanol–water partition coefficient (Wildman–Crippen LogP) is 3.53. The summed E-state index contributed by atoms with van der Waals surface area (Å²) in [5.41, 5.74) is 2.96. The van der Waals surface area contributed by atoms with Crippen LogP contribution in [0.15, 0.2) is 53.7 Å². The van der Waals surface area contributed by atoms with E-state index in [1.54, 1.807) is 24.3 Å². The van der Waals surface area contributed by atoms with Crippen LogP contribution in [0.3, 0.4) is 0 Å². The van der Waals surface area contributed by atoms with Gasteiger partial charge in [-0.15, -0.1) is 5.10 Å². The van der Waals surface area contributed by atoms with Gasteiger partial charge < -0.3 is 5.32 Å². The van der Waals surface area contributed by atoms with Gasteiger partial charge in [-0.25, -0.2) is 10.1 Å². The Bertz CT molecular complexity index is 1160. The number of aromatic amines is 1. The van der Waals surface area contributed by atoms with Crippen molar-refractivity contribution in [2.45, 2.75) is 24.3 Å². The van der Waals surface area contributed by atoms with Gasteiger partial charge in [0.15, 0.2) is 10.9 Å². The van der Waals surface area contributed by atoms with Crippen LogP contribution in [-0.2, 0) is 4.79 Å². The van der Waals surface area contributed by atoms with Gasteiger partial charge in [0.1, 0.15) is 0 Å². The number of ketones is 1. The van der Waals surface area contributed by atoms with E-state index < -0.39 is 5.25 Å². The fourth-order valence-corrected chi connectivity index (χ4v) is 3.66. The number of rotatable bonds is 5. The molecule has 0 fully saturated rings. The number of hydrogen-bond donors (Lipinski definition) is 2. The third-order valence-corrected chi connectivity index (χ3v) is 5.24. The zero-order valence-electron chi connectivity index (χ0n) is 14.8. The number of carbonyl (C=O) groups is 2. The molecule has 0 aliphatic heterocycles. The van der Waals surface area contributed by atoms with Crippen molar-refractivity contribution >= 4 is 46.0 Å². The van der Waals surface area contributed by atoms with Crippen LogP contribution in [0.4, 0.5) is 5.69 Å². The minimum atomic E-state index is -0.390. The van der Waals surface area contributed by atoms with Gasteiger partial charge in [0.05, 0.1) is 16.3 Å². The van der Waals surface area contributed by atoms with Crippen LogP contribution in [0.25, 0.3) is 16.8 Å². The summed E-state index contributed by atoms with van der Waals surface area (Å²) < 4.78 is 1.90. The van der Waals surface area contributed by atoms with Crippen molar-refractivity contribution in [2.75, 3.05) is 5.32 Å². The molecule has 0 saturated carbocycles. The summed E-state index contributed by atoms with van der Waals surface area (Å²) in [7, 11) is 0. The van der Waals surface area contributed by atoms with Crippen LogP contribution >= 0.6 is 11.8 Å². The summed E-state index contributed by atoms with van der Waals surface area (Å²) in [4.78, 5) is 28.6. The lowest BCUT2D eigenvalue weighted by Crippen LogP contribution is -2.22. The first-order valence-corrected chi connectivity index (χ1v) is 9.31. The van der Waals surface area contributed by atoms with Gasteiger partial charge in [-0.3, -0.25) is 14.0 Å². The summed E-state index contributed by atoms with van der Waals surface area (Å²) in [5, 5.41) is 10.3. The smallest absolute Gasteiger partial charge is 0.237 e. The summed E-state index contributed by atoms with van der Waals surface area (Å²) in [6, 6.07) is 14.7. The first-order valence-electron chi connectivity index (χ1n) is 8.43. The number of imidazole rings is 1. The Morgan fingerprint density at radius 2 is 2.00 bits per heavy atom. The monoisotopic (exact) mass is 379 g/mol. The molecular weight excluding hydrogens is 362 g/mol. The molecule has 4 aromatic rings. The van der Waals surface area contributed by atoms with Crippen LogP contribution in [0, 0.1) is 0 Å². The maximum Gasteiger partial charge on any atom is 0.237 e. The van der Waals surface area contributed by atoms with E-state index in [4.69, 9.17) is 0 Å². The molecule has 2 aromatic heterocycles. The zero-order chi connectivity index (χ0) is 19.0. The van der Waals surface area contributed by atoms with Crippen LogP contribution in [0.2, 0.25) is 0 Å². The molecule has 1 amide bonds. The lowest BCUT2D eigenvalue weighted by molar-refractivity contribution is -0.115. The number of para-hydroxylation sites is 2. The average Bonchev–Trinajstić information content (AvgIpc) is 3.21. The van der Waals surface area contributed by atoms with E-state index in [2.05, 4.69) is 20.5 Å². The molecule has 0 aliphatic carbocycles. The Kier molecular flexibility index (Phi) is 4.41. The summed E-state index contributed by atoms with van der Waals surface area (Å²) in [6.07, 6.45) is 0. The number of amides is 1. The van der Waals surface area contributed by atoms with Crippen LogP contribution in [-0.4, -0.2) is 36.5 Å². The van der Waals surface area contributed by atoms with E-state index in [1.165, 1.54) is 18.7 Å². The van der Waals surface area contributed by atoms with Crippen LogP contribution < -0.4 is 5.32 Å². The van der Waals surface area contributed by atoms with Crippen molar-refractivity contribution in [3.63, 3.8) is 0 Å². The van der Waals surface area contributed by atoms with E-state index in [0.717, 1.165) is 11.0 Å². The molecule has 2 N–H and O–H groups in total. The van der Waals surface area contributed by atoms with Gasteiger partial charge in [-0.05, 0) is 38.1 Å². The number of nitrogens with one attached hydrogen (secondary N) is 2. The molecule has 8 heteroatoms. The number of thioether (sulfide) groups is 1. The summed E-state index contributed by atoms with van der Waals surface area (Å²) in [6.45, 7) is 3.31. The van der Waals surface area contributed by atoms with Crippen molar-refractivity contribution in [3.05, 3.63) is 54.1 Å². The molecule has 0 aliphatic rings. The minimum Gasteiger partial charge on any atom is -0.325 e. The number of nitrogens with zero attached hydrogens (tertiary/aromatic N) is 3. The van der Waals surface area contributed by atoms with E-state index in [1.807, 2.05) is 35.6 Å². The minimum absolute atomic E-state index is 0.0422. The van der Waals surface area contributed by atoms with Crippen molar-refractivity contribution in [1.82, 2.24) is 19.6 Å². The first kappa shape index (κ1) is 17.3. The number of anilines is 1. The predicted molar refractivity (Wildman–Crippen MR) is 105 cm³/mol. The van der Waals surface area contributed by atoms with Gasteiger partial charge in [0.25, 0.3) is 0 Å². The quantitative estimate of drug-likeness (QED) is 0.409. The Hall–Kier alpha value is -3.13. The molecule has 0 bridgehead atoms. The molecule has 0 saturated heterocycles. The third-order valence-electron chi connectivity index (χ3n) is 4.19. The summed E-state index contributed by atoms with van der Waals surface area (Å²) in [5.74, 6) is 0.432. The second-order valence-corrected chi connectivity index (χ2v) is 7.46. The summed E-state index contributed by atoms with van der Waals surface area (Å²) >= 11 is 1.34. The van der Waals surface area contributed by atoms with Crippen molar-refractivity contribution in [1.29, 1.82) is 0 Å². The molecule has 2 aromatic carbocycles. The molecule has 1 atom stereocenters. The lowest BCUT2D eigenvalue weighted by Gasteiger charge is -2.11. The van der Waals surface area contributed by atoms with E-state index >= 15 is 0 Å². The molecule has 27 heavy (non-hydrogen) atoms. The molecule has 0 spiro atoms. The fourth-order valence-electron chi connectivity index (χ4n) is 2.79. The van der Waals surface area contributed by atoms with Gasteiger partial charge >= 0.3 is 0 Å². The normalized spacial score (nSPS) is 12.4. The van der Waals surface area contributed by atoms with E-state index in [0.29, 0.717) is 22.2 Å². The molecule has 7 nitrogen and oxygen atoms in total. The molecule has 4 rings (SSSR count). The van der Waals surface area contributed by atoms with Crippen molar-refractivity contribution in [3.8, 4) is 0 Å². The number of fused-ring (bicyclic) bond motifs is 3. The van der Waals surface area contributed by atoms with Crippen molar-refractivity contribution < 1.29 is 9.59 Å². The number of H-pyrrole nitrogens is 1. The Balaban J connectivity index is 1.54. The second-order valence-electron chi connectivity index (χ2n) is 6.15. The van der Waals surface area contributed by atoms with Crippen molar-refractivity contribution in [2.24, 2.45) is 0 Å². The number of benzene rings is 2. The highest BCUT2D eigenvalue weighted by Gasteiger charge is 2.20. The molecule has 0 unspecified atom stereocenters. The highest BCUT2D eigenvalue weighted by Crippen LogP contribution is 2.26. The third kappa shape index (κ3) is 3.31. The lowest BCUT2D eigenvalue weighted by atomic mass is 10.1. The van der Waals surface area contributed by atoms with E-state index in [-0.39, 0.29) is 11.7 Å². The number of Topliss-reactive ketones (excluding diaryl/α,β-unsaturated/α-hetero) is 1. The molecule has 136 valence electrons. The topological polar surface area (TPSA) is 92.1 Å². The Morgan fingerprint density at radius 1 is 1.19 bits per heavy atom. The zero-order valence-corrected chi connectivity index (χ0v) is 15.6. The van der Waals surface area contributed by atoms with Crippen LogP contribution in [0.5, 0.6) is 0 Å². The maximum atomic E-state index is 12.6.